The lowest BCUT2D eigenvalue weighted by atomic mass is 10.4. The Labute approximate surface area is 81.7 Å². The van der Waals surface area contributed by atoms with Crippen molar-refractivity contribution in [3.8, 4) is 0 Å². The van der Waals surface area contributed by atoms with Crippen molar-refractivity contribution in [2.75, 3.05) is 0 Å². The van der Waals surface area contributed by atoms with Crippen molar-refractivity contribution in [3.05, 3.63) is 26.2 Å². The van der Waals surface area contributed by atoms with E-state index in [4.69, 9.17) is 0 Å². The Morgan fingerprint density at radius 2 is 2.11 bits per heavy atom. The summed E-state index contributed by atoms with van der Waals surface area (Å²) in [6.07, 6.45) is 0. The van der Waals surface area contributed by atoms with Gasteiger partial charge in [0.1, 0.15) is 0 Å². The highest BCUT2D eigenvalue weighted by Crippen LogP contribution is 2.21. The average molecular weight is 315 g/mol. The Morgan fingerprint density at radius 3 is 2.56 bits per heavy atom. The highest BCUT2D eigenvalue weighted by molar-refractivity contribution is 14.1. The summed E-state index contributed by atoms with van der Waals surface area (Å²) in [5.41, 5.74) is 0. The first kappa shape index (κ1) is 7.88. The fourth-order valence-electron chi connectivity index (χ4n) is 0.481. The maximum absolute atomic E-state index is 4.19. The molecule has 0 amide bonds. The predicted molar refractivity (Wildman–Crippen MR) is 54.1 cm³/mol. The second-order valence-electron chi connectivity index (χ2n) is 1.60. The maximum atomic E-state index is 4.19. The standard InChI is InChI=1S/C6H4BrIS/c7-5-3-4(8)1-2-6(5)9/h1-3,9H. The van der Waals surface area contributed by atoms with Crippen LogP contribution in [0.3, 0.4) is 0 Å². The molecule has 0 aliphatic carbocycles. The van der Waals surface area contributed by atoms with Gasteiger partial charge in [0.15, 0.2) is 0 Å². The molecule has 1 rings (SSSR count). The lowest BCUT2D eigenvalue weighted by molar-refractivity contribution is 1.40. The van der Waals surface area contributed by atoms with Crippen molar-refractivity contribution < 1.29 is 0 Å². The zero-order valence-corrected chi connectivity index (χ0v) is 9.07. The summed E-state index contributed by atoms with van der Waals surface area (Å²) in [6, 6.07) is 6.02. The molecule has 0 N–H and O–H groups in total. The molecule has 48 valence electrons. The lowest BCUT2D eigenvalue weighted by Gasteiger charge is -1.94. The first-order valence-corrected chi connectivity index (χ1v) is 4.66. The van der Waals surface area contributed by atoms with Gasteiger partial charge in [-0.25, -0.2) is 0 Å². The van der Waals surface area contributed by atoms with E-state index >= 15 is 0 Å². The van der Waals surface area contributed by atoms with Crippen LogP contribution in [0.25, 0.3) is 0 Å². The van der Waals surface area contributed by atoms with E-state index in [1.54, 1.807) is 0 Å². The topological polar surface area (TPSA) is 0 Å². The monoisotopic (exact) mass is 314 g/mol. The maximum Gasteiger partial charge on any atom is 0.0319 e. The first-order chi connectivity index (χ1) is 4.20. The quantitative estimate of drug-likeness (QED) is 0.551. The molecule has 0 nitrogen and oxygen atoms in total. The van der Waals surface area contributed by atoms with Crippen LogP contribution in [0.15, 0.2) is 27.6 Å². The molecule has 0 saturated heterocycles. The number of benzene rings is 1. The predicted octanol–water partition coefficient (Wildman–Crippen LogP) is 3.34. The minimum atomic E-state index is 0.982. The second kappa shape index (κ2) is 3.25. The van der Waals surface area contributed by atoms with Crippen LogP contribution in [0.1, 0.15) is 0 Å². The molecule has 9 heavy (non-hydrogen) atoms. The fraction of sp³-hybridized carbons (Fsp3) is 0. The minimum Gasteiger partial charge on any atom is -0.142 e. The van der Waals surface area contributed by atoms with E-state index in [2.05, 4.69) is 51.1 Å². The zero-order chi connectivity index (χ0) is 6.85. The number of hydrogen-bond acceptors (Lipinski definition) is 1. The smallest absolute Gasteiger partial charge is 0.0319 e. The van der Waals surface area contributed by atoms with Gasteiger partial charge in [-0.05, 0) is 56.7 Å². The Hall–Kier alpha value is 0.780. The molecular formula is C6H4BrIS. The Bertz CT molecular complexity index is 224. The van der Waals surface area contributed by atoms with Gasteiger partial charge in [0.2, 0.25) is 0 Å². The molecular weight excluding hydrogens is 311 g/mol. The molecule has 0 spiro atoms. The molecule has 0 heterocycles. The molecule has 0 aromatic heterocycles. The minimum absolute atomic E-state index is 0.982. The van der Waals surface area contributed by atoms with Gasteiger partial charge in [0, 0.05) is 12.9 Å². The van der Waals surface area contributed by atoms with Crippen LogP contribution < -0.4 is 0 Å². The third-order valence-corrected chi connectivity index (χ3v) is 2.93. The third-order valence-electron chi connectivity index (χ3n) is 0.910. The van der Waals surface area contributed by atoms with Crippen LogP contribution in [-0.2, 0) is 0 Å². The molecule has 0 bridgehead atoms. The molecule has 0 aliphatic heterocycles. The van der Waals surface area contributed by atoms with Gasteiger partial charge in [-0.15, -0.1) is 12.6 Å². The molecule has 1 aromatic carbocycles. The second-order valence-corrected chi connectivity index (χ2v) is 4.18. The Morgan fingerprint density at radius 1 is 1.44 bits per heavy atom. The van der Waals surface area contributed by atoms with Crippen molar-refractivity contribution in [3.63, 3.8) is 0 Å². The largest absolute Gasteiger partial charge is 0.142 e. The summed E-state index contributed by atoms with van der Waals surface area (Å²) in [4.78, 5) is 0.982. The van der Waals surface area contributed by atoms with E-state index in [0.29, 0.717) is 0 Å². The van der Waals surface area contributed by atoms with E-state index in [1.807, 2.05) is 18.2 Å². The highest BCUT2D eigenvalue weighted by Gasteiger charge is 1.92. The average Bonchev–Trinajstić information content (AvgIpc) is 1.80. The van der Waals surface area contributed by atoms with E-state index in [0.717, 1.165) is 9.37 Å². The van der Waals surface area contributed by atoms with Gasteiger partial charge in [-0.3, -0.25) is 0 Å². The summed E-state index contributed by atoms with van der Waals surface area (Å²) >= 11 is 9.82. The van der Waals surface area contributed by atoms with E-state index in [-0.39, 0.29) is 0 Å². The van der Waals surface area contributed by atoms with Gasteiger partial charge in [0.05, 0.1) is 0 Å². The third kappa shape index (κ3) is 2.13. The van der Waals surface area contributed by atoms with Crippen LogP contribution in [0.4, 0.5) is 0 Å². The number of rotatable bonds is 0. The van der Waals surface area contributed by atoms with Crippen LogP contribution in [0.5, 0.6) is 0 Å². The molecule has 1 aromatic rings. The molecule has 0 radical (unpaired) electrons. The summed E-state index contributed by atoms with van der Waals surface area (Å²) in [5.74, 6) is 0. The number of halogens is 2. The van der Waals surface area contributed by atoms with Gasteiger partial charge < -0.3 is 0 Å². The van der Waals surface area contributed by atoms with Crippen LogP contribution in [-0.4, -0.2) is 0 Å². The molecule has 0 saturated carbocycles. The lowest BCUT2D eigenvalue weighted by Crippen LogP contribution is -1.71. The molecule has 0 aliphatic rings. The van der Waals surface area contributed by atoms with Gasteiger partial charge in [0.25, 0.3) is 0 Å². The normalized spacial score (nSPS) is 9.67. The number of thiol groups is 1. The van der Waals surface area contributed by atoms with E-state index in [1.165, 1.54) is 3.57 Å². The fourth-order valence-corrected chi connectivity index (χ4v) is 1.92. The zero-order valence-electron chi connectivity index (χ0n) is 4.44. The van der Waals surface area contributed by atoms with Crippen molar-refractivity contribution in [1.82, 2.24) is 0 Å². The van der Waals surface area contributed by atoms with Gasteiger partial charge >= 0.3 is 0 Å². The summed E-state index contributed by atoms with van der Waals surface area (Å²) in [6.45, 7) is 0. The summed E-state index contributed by atoms with van der Waals surface area (Å²) in [5, 5.41) is 0. The van der Waals surface area contributed by atoms with Gasteiger partial charge in [-0.1, -0.05) is 0 Å². The highest BCUT2D eigenvalue weighted by atomic mass is 127. The number of hydrogen-bond donors (Lipinski definition) is 1. The first-order valence-electron chi connectivity index (χ1n) is 2.34. The summed E-state index contributed by atoms with van der Waals surface area (Å²) in [7, 11) is 0. The molecule has 0 unspecified atom stereocenters. The molecule has 3 heteroatoms. The van der Waals surface area contributed by atoms with Crippen molar-refractivity contribution in [2.24, 2.45) is 0 Å². The SMILES string of the molecule is Sc1ccc(I)cc1Br. The van der Waals surface area contributed by atoms with Crippen molar-refractivity contribution in [1.29, 1.82) is 0 Å². The van der Waals surface area contributed by atoms with Gasteiger partial charge in [-0.2, -0.15) is 0 Å². The Balaban J connectivity index is 3.17. The van der Waals surface area contributed by atoms with E-state index in [9.17, 15) is 0 Å². The molecule has 0 atom stereocenters. The van der Waals surface area contributed by atoms with Crippen LogP contribution in [0, 0.1) is 3.57 Å². The van der Waals surface area contributed by atoms with Crippen LogP contribution >= 0.6 is 51.1 Å². The van der Waals surface area contributed by atoms with Crippen molar-refractivity contribution >= 4 is 51.1 Å². The molecule has 0 fully saturated rings. The van der Waals surface area contributed by atoms with Crippen LogP contribution in [0.2, 0.25) is 0 Å². The van der Waals surface area contributed by atoms with E-state index < -0.39 is 0 Å². The summed E-state index contributed by atoms with van der Waals surface area (Å²) < 4.78 is 2.27. The van der Waals surface area contributed by atoms with Crippen molar-refractivity contribution in [2.45, 2.75) is 4.90 Å². The Kier molecular flexibility index (Phi) is 2.85.